The van der Waals surface area contributed by atoms with Gasteiger partial charge in [-0.1, -0.05) is 42.5 Å². The maximum absolute atomic E-state index is 11.7. The Labute approximate surface area is 131 Å². The molecule has 0 aliphatic heterocycles. The Hall–Kier alpha value is -2.33. The lowest BCUT2D eigenvalue weighted by molar-refractivity contribution is -0.130. The summed E-state index contributed by atoms with van der Waals surface area (Å²) in [5.74, 6) is 0.740. The molecule has 0 spiro atoms. The van der Waals surface area contributed by atoms with E-state index in [0.29, 0.717) is 13.0 Å². The number of benzene rings is 2. The van der Waals surface area contributed by atoms with E-state index in [4.69, 9.17) is 10.5 Å². The Bertz CT molecular complexity index is 594. The minimum atomic E-state index is -0.508. The standard InChI is InChI=1S/C18H22N2O2/c1-20(2)18(21)17(19)12-14-8-10-16(11-9-14)22-13-15-6-4-3-5-7-15/h3-11,17H,12-13,19H2,1-2H3. The molecule has 1 amide bonds. The van der Waals surface area contributed by atoms with Gasteiger partial charge in [0.1, 0.15) is 12.4 Å². The maximum atomic E-state index is 11.7. The number of carbonyl (C=O) groups is 1. The molecule has 0 aliphatic carbocycles. The van der Waals surface area contributed by atoms with Gasteiger partial charge in [-0.15, -0.1) is 0 Å². The van der Waals surface area contributed by atoms with E-state index in [1.54, 1.807) is 14.1 Å². The zero-order chi connectivity index (χ0) is 15.9. The van der Waals surface area contributed by atoms with Gasteiger partial charge in [0.15, 0.2) is 0 Å². The molecular formula is C18H22N2O2. The Morgan fingerprint density at radius 3 is 2.27 bits per heavy atom. The van der Waals surface area contributed by atoms with Gasteiger partial charge in [-0.3, -0.25) is 4.79 Å². The number of likely N-dealkylation sites (N-methyl/N-ethyl adjacent to an activating group) is 1. The van der Waals surface area contributed by atoms with Crippen LogP contribution >= 0.6 is 0 Å². The van der Waals surface area contributed by atoms with E-state index in [-0.39, 0.29) is 5.91 Å². The fraction of sp³-hybridized carbons (Fsp3) is 0.278. The van der Waals surface area contributed by atoms with Crippen molar-refractivity contribution in [3.8, 4) is 5.75 Å². The van der Waals surface area contributed by atoms with E-state index >= 15 is 0 Å². The quantitative estimate of drug-likeness (QED) is 0.889. The SMILES string of the molecule is CN(C)C(=O)C(N)Cc1ccc(OCc2ccccc2)cc1. The van der Waals surface area contributed by atoms with Gasteiger partial charge in [-0.05, 0) is 29.7 Å². The molecule has 0 saturated carbocycles. The van der Waals surface area contributed by atoms with E-state index in [1.807, 2.05) is 54.6 Å². The minimum absolute atomic E-state index is 0.0654. The zero-order valence-corrected chi connectivity index (χ0v) is 13.0. The first kappa shape index (κ1) is 16.0. The van der Waals surface area contributed by atoms with Crippen molar-refractivity contribution in [2.75, 3.05) is 14.1 Å². The number of hydrogen-bond acceptors (Lipinski definition) is 3. The van der Waals surface area contributed by atoms with Crippen molar-refractivity contribution in [1.29, 1.82) is 0 Å². The maximum Gasteiger partial charge on any atom is 0.239 e. The second-order valence-electron chi connectivity index (χ2n) is 5.46. The first-order chi connectivity index (χ1) is 10.6. The van der Waals surface area contributed by atoms with E-state index in [1.165, 1.54) is 4.90 Å². The van der Waals surface area contributed by atoms with Crippen LogP contribution in [0.3, 0.4) is 0 Å². The van der Waals surface area contributed by atoms with Crippen LogP contribution in [0.2, 0.25) is 0 Å². The summed E-state index contributed by atoms with van der Waals surface area (Å²) < 4.78 is 5.73. The highest BCUT2D eigenvalue weighted by molar-refractivity contribution is 5.81. The van der Waals surface area contributed by atoms with E-state index in [9.17, 15) is 4.79 Å². The first-order valence-corrected chi connectivity index (χ1v) is 7.28. The van der Waals surface area contributed by atoms with Crippen LogP contribution < -0.4 is 10.5 Å². The van der Waals surface area contributed by atoms with Crippen molar-refractivity contribution in [2.24, 2.45) is 5.73 Å². The van der Waals surface area contributed by atoms with Crippen LogP contribution in [0.15, 0.2) is 54.6 Å². The van der Waals surface area contributed by atoms with Gasteiger partial charge in [-0.2, -0.15) is 0 Å². The number of ether oxygens (including phenoxy) is 1. The normalized spacial score (nSPS) is 11.8. The Morgan fingerprint density at radius 2 is 1.68 bits per heavy atom. The van der Waals surface area contributed by atoms with Crippen LogP contribution in [0, 0.1) is 0 Å². The van der Waals surface area contributed by atoms with E-state index in [0.717, 1.165) is 16.9 Å². The van der Waals surface area contributed by atoms with Crippen molar-refractivity contribution in [3.05, 3.63) is 65.7 Å². The molecule has 0 fully saturated rings. The number of rotatable bonds is 6. The molecule has 4 heteroatoms. The predicted octanol–water partition coefficient (Wildman–Crippen LogP) is 2.22. The van der Waals surface area contributed by atoms with Gasteiger partial charge in [0.2, 0.25) is 5.91 Å². The van der Waals surface area contributed by atoms with Gasteiger partial charge in [-0.25, -0.2) is 0 Å². The molecule has 4 nitrogen and oxygen atoms in total. The van der Waals surface area contributed by atoms with Crippen molar-refractivity contribution >= 4 is 5.91 Å². The largest absolute Gasteiger partial charge is 0.489 e. The monoisotopic (exact) mass is 298 g/mol. The van der Waals surface area contributed by atoms with Crippen molar-refractivity contribution < 1.29 is 9.53 Å². The third kappa shape index (κ3) is 4.60. The number of nitrogens with zero attached hydrogens (tertiary/aromatic N) is 1. The zero-order valence-electron chi connectivity index (χ0n) is 13.0. The minimum Gasteiger partial charge on any atom is -0.489 e. The smallest absolute Gasteiger partial charge is 0.239 e. The third-order valence-electron chi connectivity index (χ3n) is 3.39. The molecule has 116 valence electrons. The molecular weight excluding hydrogens is 276 g/mol. The molecule has 0 radical (unpaired) electrons. The van der Waals surface area contributed by atoms with Crippen molar-refractivity contribution in [1.82, 2.24) is 4.90 Å². The molecule has 2 N–H and O–H groups in total. The highest BCUT2D eigenvalue weighted by Gasteiger charge is 2.15. The molecule has 0 bridgehead atoms. The molecule has 2 aromatic carbocycles. The highest BCUT2D eigenvalue weighted by atomic mass is 16.5. The molecule has 0 aliphatic rings. The molecule has 1 unspecified atom stereocenters. The lowest BCUT2D eigenvalue weighted by Crippen LogP contribution is -2.41. The topological polar surface area (TPSA) is 55.6 Å². The van der Waals surface area contributed by atoms with Crippen LogP contribution in [0.5, 0.6) is 5.75 Å². The predicted molar refractivity (Wildman–Crippen MR) is 87.6 cm³/mol. The van der Waals surface area contributed by atoms with Crippen LogP contribution in [0.25, 0.3) is 0 Å². The first-order valence-electron chi connectivity index (χ1n) is 7.28. The average Bonchev–Trinajstić information content (AvgIpc) is 2.54. The third-order valence-corrected chi connectivity index (χ3v) is 3.39. The van der Waals surface area contributed by atoms with E-state index < -0.39 is 6.04 Å². The Kier molecular flexibility index (Phi) is 5.55. The molecule has 0 heterocycles. The van der Waals surface area contributed by atoms with Crippen molar-refractivity contribution in [3.63, 3.8) is 0 Å². The Balaban J connectivity index is 1.89. The van der Waals surface area contributed by atoms with E-state index in [2.05, 4.69) is 0 Å². The summed E-state index contributed by atoms with van der Waals surface area (Å²) in [6.45, 7) is 0.540. The van der Waals surface area contributed by atoms with Gasteiger partial charge in [0.05, 0.1) is 6.04 Å². The molecule has 1 atom stereocenters. The number of carbonyl (C=O) groups excluding carboxylic acids is 1. The number of amides is 1. The van der Waals surface area contributed by atoms with Gasteiger partial charge in [0, 0.05) is 14.1 Å². The highest BCUT2D eigenvalue weighted by Crippen LogP contribution is 2.15. The summed E-state index contributed by atoms with van der Waals surface area (Å²) in [7, 11) is 3.42. The van der Waals surface area contributed by atoms with Crippen LogP contribution in [-0.4, -0.2) is 30.9 Å². The molecule has 22 heavy (non-hydrogen) atoms. The summed E-state index contributed by atoms with van der Waals surface area (Å²) in [6.07, 6.45) is 0.524. The molecule has 2 aromatic rings. The second-order valence-corrected chi connectivity index (χ2v) is 5.46. The number of nitrogens with two attached hydrogens (primary N) is 1. The second kappa shape index (κ2) is 7.61. The number of hydrogen-bond donors (Lipinski definition) is 1. The lowest BCUT2D eigenvalue weighted by Gasteiger charge is -2.16. The van der Waals surface area contributed by atoms with Crippen LogP contribution in [0.1, 0.15) is 11.1 Å². The average molecular weight is 298 g/mol. The molecule has 0 aromatic heterocycles. The summed E-state index contributed by atoms with van der Waals surface area (Å²) in [5.41, 5.74) is 8.05. The van der Waals surface area contributed by atoms with Crippen molar-refractivity contribution in [2.45, 2.75) is 19.1 Å². The summed E-state index contributed by atoms with van der Waals surface area (Å²) in [6, 6.07) is 17.2. The van der Waals surface area contributed by atoms with Gasteiger partial charge < -0.3 is 15.4 Å². The van der Waals surface area contributed by atoms with Gasteiger partial charge >= 0.3 is 0 Å². The van der Waals surface area contributed by atoms with Gasteiger partial charge in [0.25, 0.3) is 0 Å². The summed E-state index contributed by atoms with van der Waals surface area (Å²) in [4.78, 5) is 13.3. The Morgan fingerprint density at radius 1 is 1.05 bits per heavy atom. The molecule has 2 rings (SSSR count). The summed E-state index contributed by atoms with van der Waals surface area (Å²) >= 11 is 0. The summed E-state index contributed by atoms with van der Waals surface area (Å²) in [5, 5.41) is 0. The molecule has 0 saturated heterocycles. The fourth-order valence-corrected chi connectivity index (χ4v) is 2.14. The lowest BCUT2D eigenvalue weighted by atomic mass is 10.1. The fourth-order valence-electron chi connectivity index (χ4n) is 2.14. The van der Waals surface area contributed by atoms with Crippen LogP contribution in [-0.2, 0) is 17.8 Å². The van der Waals surface area contributed by atoms with Crippen LogP contribution in [0.4, 0.5) is 0 Å².